The highest BCUT2D eigenvalue weighted by atomic mass is 35.5. The van der Waals surface area contributed by atoms with E-state index in [9.17, 15) is 13.9 Å². The van der Waals surface area contributed by atoms with Crippen molar-refractivity contribution in [3.63, 3.8) is 0 Å². The Morgan fingerprint density at radius 2 is 1.97 bits per heavy atom. The van der Waals surface area contributed by atoms with Gasteiger partial charge in [0.05, 0.1) is 23.8 Å². The van der Waals surface area contributed by atoms with E-state index in [2.05, 4.69) is 22.1 Å². The largest absolute Gasteiger partial charge is 0.497 e. The van der Waals surface area contributed by atoms with E-state index in [1.807, 2.05) is 18.2 Å². The number of benzene rings is 2. The number of fused-ring (bicyclic) bond motifs is 1. The number of pyridine rings is 1. The van der Waals surface area contributed by atoms with Gasteiger partial charge in [-0.25, -0.2) is 8.78 Å². The quantitative estimate of drug-likeness (QED) is 0.412. The molecule has 4 nitrogen and oxygen atoms in total. The van der Waals surface area contributed by atoms with Crippen LogP contribution in [0.5, 0.6) is 5.75 Å². The van der Waals surface area contributed by atoms with Gasteiger partial charge in [0.25, 0.3) is 0 Å². The molecule has 1 aliphatic heterocycles. The molecule has 2 aromatic carbocycles. The minimum absolute atomic E-state index is 0.263. The second-order valence-electron chi connectivity index (χ2n) is 9.08. The molecule has 2 heterocycles. The van der Waals surface area contributed by atoms with Gasteiger partial charge in [0.1, 0.15) is 5.75 Å². The molecule has 0 aliphatic carbocycles. The van der Waals surface area contributed by atoms with Crippen molar-refractivity contribution in [3.8, 4) is 17.6 Å². The fourth-order valence-electron chi connectivity index (χ4n) is 4.92. The number of aliphatic hydroxyl groups excluding tert-OH is 1. The Balaban J connectivity index is 1.47. The van der Waals surface area contributed by atoms with Crippen LogP contribution in [0.15, 0.2) is 42.6 Å². The van der Waals surface area contributed by atoms with Crippen LogP contribution in [0.1, 0.15) is 43.2 Å². The van der Waals surface area contributed by atoms with E-state index >= 15 is 0 Å². The first-order valence-corrected chi connectivity index (χ1v) is 12.2. The minimum Gasteiger partial charge on any atom is -0.497 e. The third-order valence-electron chi connectivity index (χ3n) is 6.99. The Hall–Kier alpha value is -2.72. The van der Waals surface area contributed by atoms with Crippen molar-refractivity contribution < 1.29 is 18.6 Å². The van der Waals surface area contributed by atoms with Gasteiger partial charge in [0, 0.05) is 23.6 Å². The van der Waals surface area contributed by atoms with Gasteiger partial charge in [-0.3, -0.25) is 4.98 Å². The molecule has 1 saturated heterocycles. The van der Waals surface area contributed by atoms with Gasteiger partial charge in [0.2, 0.25) is 0 Å². The molecule has 0 radical (unpaired) electrons. The Labute approximate surface area is 209 Å². The topological polar surface area (TPSA) is 54.4 Å². The predicted molar refractivity (Wildman–Crippen MR) is 135 cm³/mol. The third-order valence-corrected chi connectivity index (χ3v) is 7.32. The van der Waals surface area contributed by atoms with E-state index < -0.39 is 17.7 Å². The second kappa shape index (κ2) is 11.3. The number of piperidine rings is 1. The zero-order valence-corrected chi connectivity index (χ0v) is 20.5. The molecule has 1 aromatic heterocycles. The molecule has 0 spiro atoms. The Morgan fingerprint density at radius 1 is 1.17 bits per heavy atom. The molecule has 1 aliphatic rings. The average molecular weight is 499 g/mol. The number of hydrogen-bond donors (Lipinski definition) is 2. The summed E-state index contributed by atoms with van der Waals surface area (Å²) in [6.45, 7) is 1.67. The first-order valence-electron chi connectivity index (χ1n) is 11.9. The Kier molecular flexibility index (Phi) is 8.22. The third kappa shape index (κ3) is 5.92. The molecule has 1 fully saturated rings. The first kappa shape index (κ1) is 25.4. The van der Waals surface area contributed by atoms with E-state index in [-0.39, 0.29) is 11.8 Å². The normalized spacial score (nSPS) is 15.9. The highest BCUT2D eigenvalue weighted by Crippen LogP contribution is 2.40. The lowest BCUT2D eigenvalue weighted by atomic mass is 9.69. The van der Waals surface area contributed by atoms with Gasteiger partial charge >= 0.3 is 0 Å². The number of aromatic nitrogens is 1. The molecule has 0 saturated carbocycles. The molecular weight excluding hydrogens is 470 g/mol. The van der Waals surface area contributed by atoms with Crippen molar-refractivity contribution in [2.75, 3.05) is 20.2 Å². The molecular formula is C28H29ClF2N2O2. The van der Waals surface area contributed by atoms with Crippen LogP contribution in [0, 0.1) is 28.9 Å². The summed E-state index contributed by atoms with van der Waals surface area (Å²) in [5.41, 5.74) is 2.03. The molecule has 184 valence electrons. The minimum atomic E-state index is -0.924. The number of methoxy groups -OCH3 is 1. The number of aliphatic hydroxyl groups is 1. The molecule has 1 unspecified atom stereocenters. The van der Waals surface area contributed by atoms with Gasteiger partial charge in [-0.15, -0.1) is 0 Å². The van der Waals surface area contributed by atoms with Crippen molar-refractivity contribution in [1.29, 1.82) is 0 Å². The number of ether oxygens (including phenoxy) is 1. The van der Waals surface area contributed by atoms with Crippen LogP contribution in [-0.4, -0.2) is 36.4 Å². The maximum Gasteiger partial charge on any atom is 0.160 e. The van der Waals surface area contributed by atoms with Crippen LogP contribution in [-0.2, 0) is 6.42 Å². The first-order chi connectivity index (χ1) is 16.9. The van der Waals surface area contributed by atoms with Crippen LogP contribution in [0.4, 0.5) is 8.78 Å². The molecule has 1 atom stereocenters. The van der Waals surface area contributed by atoms with Crippen molar-refractivity contribution >= 4 is 22.5 Å². The summed E-state index contributed by atoms with van der Waals surface area (Å²) in [6.07, 6.45) is 5.47. The van der Waals surface area contributed by atoms with Gasteiger partial charge < -0.3 is 15.2 Å². The SMILES string of the molecule is COc1ccc2ncc(Cl)c(CCCC3(C(O)CC#Cc4ccc(F)c(F)c4)CCNCC3)c2c1. The zero-order chi connectivity index (χ0) is 24.8. The van der Waals surface area contributed by atoms with Crippen LogP contribution >= 0.6 is 11.6 Å². The summed E-state index contributed by atoms with van der Waals surface area (Å²) >= 11 is 6.53. The van der Waals surface area contributed by atoms with Gasteiger partial charge in [-0.05, 0) is 92.6 Å². The smallest absolute Gasteiger partial charge is 0.160 e. The summed E-state index contributed by atoms with van der Waals surface area (Å²) in [5, 5.41) is 16.2. The fourth-order valence-corrected chi connectivity index (χ4v) is 5.16. The number of nitrogens with one attached hydrogen (secondary N) is 1. The highest BCUT2D eigenvalue weighted by molar-refractivity contribution is 6.32. The van der Waals surface area contributed by atoms with Crippen molar-refractivity contribution in [3.05, 3.63) is 70.4 Å². The molecule has 2 N–H and O–H groups in total. The van der Waals surface area contributed by atoms with Gasteiger partial charge in [-0.2, -0.15) is 0 Å². The van der Waals surface area contributed by atoms with Crippen LogP contribution in [0.25, 0.3) is 10.9 Å². The van der Waals surface area contributed by atoms with Crippen molar-refractivity contribution in [2.24, 2.45) is 5.41 Å². The standard InChI is InChI=1S/C28H29ClF2N2O2/c1-35-20-8-10-26-22(17-20)21(23(29)18-33-26)5-3-11-28(12-14-32-15-13-28)27(34)6-2-4-19-7-9-24(30)25(31)16-19/h7-10,16-18,27,32,34H,3,5-6,11-15H2,1H3. The van der Waals surface area contributed by atoms with E-state index in [1.54, 1.807) is 13.3 Å². The summed E-state index contributed by atoms with van der Waals surface area (Å²) in [7, 11) is 1.64. The fraction of sp³-hybridized carbons (Fsp3) is 0.393. The molecule has 7 heteroatoms. The molecule has 35 heavy (non-hydrogen) atoms. The molecule has 0 amide bonds. The maximum atomic E-state index is 13.4. The summed E-state index contributed by atoms with van der Waals surface area (Å²) < 4.78 is 32.0. The lowest BCUT2D eigenvalue weighted by Gasteiger charge is -2.41. The number of aryl methyl sites for hydroxylation is 1. The zero-order valence-electron chi connectivity index (χ0n) is 19.7. The summed E-state index contributed by atoms with van der Waals surface area (Å²) in [4.78, 5) is 4.43. The van der Waals surface area contributed by atoms with E-state index in [0.29, 0.717) is 10.6 Å². The van der Waals surface area contributed by atoms with Crippen molar-refractivity contribution in [2.45, 2.75) is 44.6 Å². The Bertz CT molecular complexity index is 1250. The van der Waals surface area contributed by atoms with Gasteiger partial charge in [-0.1, -0.05) is 23.4 Å². The maximum absolute atomic E-state index is 13.4. The lowest BCUT2D eigenvalue weighted by molar-refractivity contribution is -0.00337. The average Bonchev–Trinajstić information content (AvgIpc) is 2.87. The molecule has 3 aromatic rings. The summed E-state index contributed by atoms with van der Waals surface area (Å²) in [6, 6.07) is 9.36. The number of hydrogen-bond acceptors (Lipinski definition) is 4. The van der Waals surface area contributed by atoms with Crippen LogP contribution in [0.3, 0.4) is 0 Å². The highest BCUT2D eigenvalue weighted by Gasteiger charge is 2.38. The molecule has 4 rings (SSSR count). The number of halogens is 3. The van der Waals surface area contributed by atoms with E-state index in [1.165, 1.54) is 6.07 Å². The van der Waals surface area contributed by atoms with E-state index in [0.717, 1.165) is 79.5 Å². The Morgan fingerprint density at radius 3 is 2.71 bits per heavy atom. The van der Waals surface area contributed by atoms with Crippen LogP contribution < -0.4 is 10.1 Å². The monoisotopic (exact) mass is 498 g/mol. The number of nitrogens with zero attached hydrogens (tertiary/aromatic N) is 1. The van der Waals surface area contributed by atoms with Crippen LogP contribution in [0.2, 0.25) is 5.02 Å². The lowest BCUT2D eigenvalue weighted by Crippen LogP contribution is -2.44. The summed E-state index contributed by atoms with van der Waals surface area (Å²) in [5.74, 6) is 4.76. The predicted octanol–water partition coefficient (Wildman–Crippen LogP) is 5.67. The van der Waals surface area contributed by atoms with Gasteiger partial charge in [0.15, 0.2) is 11.6 Å². The number of rotatable bonds is 7. The van der Waals surface area contributed by atoms with E-state index in [4.69, 9.17) is 16.3 Å². The second-order valence-corrected chi connectivity index (χ2v) is 9.49. The van der Waals surface area contributed by atoms with Crippen molar-refractivity contribution in [1.82, 2.24) is 10.3 Å². The molecule has 0 bridgehead atoms.